The highest BCUT2D eigenvalue weighted by Crippen LogP contribution is 2.38. The number of rotatable bonds is 3. The molecule has 0 N–H and O–H groups in total. The van der Waals surface area contributed by atoms with Gasteiger partial charge in [0.15, 0.2) is 0 Å². The van der Waals surface area contributed by atoms with Crippen molar-refractivity contribution in [2.45, 2.75) is 12.7 Å². The van der Waals surface area contributed by atoms with Crippen molar-refractivity contribution >= 4 is 5.78 Å². The molecule has 0 atom stereocenters. The number of hydrogen-bond donors (Lipinski definition) is 0. The summed E-state index contributed by atoms with van der Waals surface area (Å²) < 4.78 is 10.0. The van der Waals surface area contributed by atoms with Gasteiger partial charge in [-0.25, -0.2) is 0 Å². The summed E-state index contributed by atoms with van der Waals surface area (Å²) in [5, 5.41) is 0. The number of carbonyl (C=O) groups excluding carboxylic acids is 1. The minimum atomic E-state index is -1.17. The van der Waals surface area contributed by atoms with Crippen LogP contribution in [-0.2, 0) is 14.3 Å². The van der Waals surface area contributed by atoms with Gasteiger partial charge in [0, 0.05) is 25.4 Å². The lowest BCUT2D eigenvalue weighted by atomic mass is 9.81. The summed E-state index contributed by atoms with van der Waals surface area (Å²) in [7, 11) is 2.88. The van der Waals surface area contributed by atoms with Gasteiger partial charge < -0.3 is 9.47 Å². The second-order valence-corrected chi connectivity index (χ2v) is 2.60. The van der Waals surface area contributed by atoms with Crippen molar-refractivity contribution in [1.29, 1.82) is 0 Å². The lowest BCUT2D eigenvalue weighted by Gasteiger charge is -2.38. The molecular formula is C9H12O3. The van der Waals surface area contributed by atoms with Crippen molar-refractivity contribution in [2.75, 3.05) is 14.2 Å². The van der Waals surface area contributed by atoms with Crippen LogP contribution in [0.25, 0.3) is 0 Å². The predicted octanol–water partition coefficient (Wildman–Crippen LogP) is 1.06. The Labute approximate surface area is 71.7 Å². The van der Waals surface area contributed by atoms with Gasteiger partial charge in [0.25, 0.3) is 5.79 Å². The maximum absolute atomic E-state index is 11.4. The van der Waals surface area contributed by atoms with E-state index in [0.29, 0.717) is 5.57 Å². The van der Waals surface area contributed by atoms with Crippen LogP contribution in [0.15, 0.2) is 23.8 Å². The van der Waals surface area contributed by atoms with Crippen LogP contribution in [-0.4, -0.2) is 25.8 Å². The second-order valence-electron chi connectivity index (χ2n) is 2.60. The molecule has 0 aliphatic heterocycles. The Hall–Kier alpha value is -0.930. The molecule has 0 aromatic rings. The maximum Gasteiger partial charge on any atom is 0.260 e. The number of Topliss-reactive ketones (excluding diaryl/α,β-unsaturated/α-hetero) is 1. The van der Waals surface area contributed by atoms with Gasteiger partial charge >= 0.3 is 0 Å². The van der Waals surface area contributed by atoms with Crippen LogP contribution in [0.4, 0.5) is 0 Å². The molecule has 1 aliphatic rings. The van der Waals surface area contributed by atoms with Crippen molar-refractivity contribution < 1.29 is 14.3 Å². The summed E-state index contributed by atoms with van der Waals surface area (Å²) in [6.45, 7) is 5.32. The van der Waals surface area contributed by atoms with Crippen molar-refractivity contribution in [2.24, 2.45) is 0 Å². The van der Waals surface area contributed by atoms with Crippen molar-refractivity contribution in [1.82, 2.24) is 0 Å². The van der Waals surface area contributed by atoms with Gasteiger partial charge in [-0.2, -0.15) is 0 Å². The van der Waals surface area contributed by atoms with Crippen LogP contribution in [0, 0.1) is 0 Å². The first-order chi connectivity index (χ1) is 5.64. The Morgan fingerprint density at radius 2 is 1.92 bits per heavy atom. The number of ketones is 1. The summed E-state index contributed by atoms with van der Waals surface area (Å²) in [6, 6.07) is 0. The zero-order valence-electron chi connectivity index (χ0n) is 7.51. The molecule has 0 saturated heterocycles. The predicted molar refractivity (Wildman–Crippen MR) is 44.7 cm³/mol. The zero-order valence-corrected chi connectivity index (χ0v) is 7.51. The molecule has 3 heteroatoms. The molecule has 3 nitrogen and oxygen atoms in total. The van der Waals surface area contributed by atoms with E-state index in [1.54, 1.807) is 13.0 Å². The summed E-state index contributed by atoms with van der Waals surface area (Å²) in [5.74, 6) is -1.30. The molecule has 0 heterocycles. The van der Waals surface area contributed by atoms with E-state index in [0.717, 1.165) is 5.57 Å². The largest absolute Gasteiger partial charge is 0.343 e. The van der Waals surface area contributed by atoms with E-state index in [1.165, 1.54) is 14.2 Å². The Morgan fingerprint density at radius 3 is 2.17 bits per heavy atom. The smallest absolute Gasteiger partial charge is 0.260 e. The van der Waals surface area contributed by atoms with Crippen LogP contribution in [0.3, 0.4) is 0 Å². The van der Waals surface area contributed by atoms with E-state index in [2.05, 4.69) is 6.58 Å². The monoisotopic (exact) mass is 168 g/mol. The molecule has 0 saturated carbocycles. The van der Waals surface area contributed by atoms with Crippen LogP contribution < -0.4 is 0 Å². The minimum Gasteiger partial charge on any atom is -0.343 e. The van der Waals surface area contributed by atoms with Crippen LogP contribution in [0.2, 0.25) is 0 Å². The topological polar surface area (TPSA) is 35.5 Å². The molecule has 1 rings (SSSR count). The molecule has 12 heavy (non-hydrogen) atoms. The van der Waals surface area contributed by atoms with Gasteiger partial charge in [0.05, 0.1) is 0 Å². The minimum absolute atomic E-state index is 0.123. The Balaban J connectivity index is 3.11. The Kier molecular flexibility index (Phi) is 2.17. The zero-order chi connectivity index (χ0) is 9.35. The highest BCUT2D eigenvalue weighted by molar-refractivity contribution is 6.11. The molecule has 0 aromatic heterocycles. The van der Waals surface area contributed by atoms with E-state index in [1.807, 2.05) is 0 Å². The quantitative estimate of drug-likeness (QED) is 0.591. The average Bonchev–Trinajstić information content (AvgIpc) is 2.12. The highest BCUT2D eigenvalue weighted by Gasteiger charge is 2.52. The first-order valence-corrected chi connectivity index (χ1v) is 3.63. The van der Waals surface area contributed by atoms with E-state index < -0.39 is 5.79 Å². The lowest BCUT2D eigenvalue weighted by Crippen LogP contribution is -2.52. The number of hydrogen-bond acceptors (Lipinski definition) is 3. The van der Waals surface area contributed by atoms with Crippen LogP contribution in [0.1, 0.15) is 6.92 Å². The normalized spacial score (nSPS) is 20.8. The highest BCUT2D eigenvalue weighted by atomic mass is 16.7. The summed E-state index contributed by atoms with van der Waals surface area (Å²) in [6.07, 6.45) is 1.59. The molecule has 1 aliphatic carbocycles. The van der Waals surface area contributed by atoms with Gasteiger partial charge in [-0.3, -0.25) is 4.79 Å². The van der Waals surface area contributed by atoms with Crippen molar-refractivity contribution in [3.63, 3.8) is 0 Å². The molecule has 0 unspecified atom stereocenters. The van der Waals surface area contributed by atoms with E-state index in [-0.39, 0.29) is 5.78 Å². The fraction of sp³-hybridized carbons (Fsp3) is 0.444. The number of methoxy groups -OCH3 is 2. The molecular weight excluding hydrogens is 156 g/mol. The van der Waals surface area contributed by atoms with E-state index in [9.17, 15) is 4.79 Å². The van der Waals surface area contributed by atoms with Crippen molar-refractivity contribution in [3.05, 3.63) is 23.8 Å². The Bertz CT molecular complexity index is 259. The third kappa shape index (κ3) is 0.806. The van der Waals surface area contributed by atoms with E-state index in [4.69, 9.17) is 9.47 Å². The van der Waals surface area contributed by atoms with Crippen molar-refractivity contribution in [3.8, 4) is 0 Å². The molecule has 0 fully saturated rings. The molecule has 0 aromatic carbocycles. The molecule has 0 spiro atoms. The number of ether oxygens (including phenoxy) is 2. The van der Waals surface area contributed by atoms with Gasteiger partial charge in [0.2, 0.25) is 5.78 Å². The SMILES string of the molecule is C=CC1=C(C)C(=O)C1(OC)OC. The molecule has 66 valence electrons. The van der Waals surface area contributed by atoms with Gasteiger partial charge in [-0.15, -0.1) is 0 Å². The third-order valence-electron chi connectivity index (χ3n) is 2.18. The summed E-state index contributed by atoms with van der Waals surface area (Å²) in [5.41, 5.74) is 1.38. The average molecular weight is 168 g/mol. The van der Waals surface area contributed by atoms with Gasteiger partial charge in [-0.05, 0) is 6.92 Å². The summed E-state index contributed by atoms with van der Waals surface area (Å²) >= 11 is 0. The summed E-state index contributed by atoms with van der Waals surface area (Å²) in [4.78, 5) is 11.4. The maximum atomic E-state index is 11.4. The first kappa shape index (κ1) is 9.16. The number of carbonyl (C=O) groups is 1. The first-order valence-electron chi connectivity index (χ1n) is 3.63. The van der Waals surface area contributed by atoms with Gasteiger partial charge in [0.1, 0.15) is 0 Å². The fourth-order valence-electron chi connectivity index (χ4n) is 1.45. The lowest BCUT2D eigenvalue weighted by molar-refractivity contribution is -0.193. The standard InChI is InChI=1S/C9H12O3/c1-5-7-6(2)8(10)9(7,11-3)12-4/h5H,1H2,2-4H3. The third-order valence-corrected chi connectivity index (χ3v) is 2.18. The van der Waals surface area contributed by atoms with E-state index >= 15 is 0 Å². The molecule has 0 amide bonds. The molecule has 0 radical (unpaired) electrons. The Morgan fingerprint density at radius 1 is 1.42 bits per heavy atom. The molecule has 0 bridgehead atoms. The van der Waals surface area contributed by atoms with Gasteiger partial charge in [-0.1, -0.05) is 12.7 Å². The second kappa shape index (κ2) is 2.84. The fourth-order valence-corrected chi connectivity index (χ4v) is 1.45. The van der Waals surface area contributed by atoms with Crippen LogP contribution in [0.5, 0.6) is 0 Å². The van der Waals surface area contributed by atoms with Crippen LogP contribution >= 0.6 is 0 Å².